The van der Waals surface area contributed by atoms with Gasteiger partial charge in [0.1, 0.15) is 12.6 Å². The minimum Gasteiger partial charge on any atom is -0.356 e. The van der Waals surface area contributed by atoms with E-state index in [4.69, 9.17) is 15.3 Å². The lowest BCUT2D eigenvalue weighted by atomic mass is 9.95. The standard InChI is InChI=1S/C19H20N.NO3/c1-20(15-9-4-10-16-20)19(17-11-5-2-6-12-17)18-13-7-3-8-14-18;2-1(3)4/h2-15,19H,16H2,1H3;/q+1;-1. The highest BCUT2D eigenvalue weighted by atomic mass is 16.9. The third-order valence-corrected chi connectivity index (χ3v) is 3.99. The molecule has 1 aliphatic rings. The number of likely N-dealkylation sites (N-methyl/N-ethyl adjacent to an activating group) is 1. The van der Waals surface area contributed by atoms with Crippen molar-refractivity contribution >= 4 is 0 Å². The smallest absolute Gasteiger partial charge is 0.145 e. The molecule has 3 rings (SSSR count). The van der Waals surface area contributed by atoms with E-state index in [2.05, 4.69) is 92.1 Å². The van der Waals surface area contributed by atoms with Crippen LogP contribution >= 0.6 is 0 Å². The maximum absolute atomic E-state index is 8.25. The molecule has 2 aromatic rings. The van der Waals surface area contributed by atoms with Crippen LogP contribution in [0.4, 0.5) is 0 Å². The van der Waals surface area contributed by atoms with E-state index in [0.717, 1.165) is 11.0 Å². The van der Waals surface area contributed by atoms with Gasteiger partial charge in [-0.05, 0) is 12.2 Å². The van der Waals surface area contributed by atoms with Crippen molar-refractivity contribution in [2.75, 3.05) is 13.6 Å². The topological polar surface area (TPSA) is 66.2 Å². The second kappa shape index (κ2) is 8.08. The van der Waals surface area contributed by atoms with E-state index in [0.29, 0.717) is 6.04 Å². The summed E-state index contributed by atoms with van der Waals surface area (Å²) in [6.07, 6.45) is 8.83. The Morgan fingerprint density at radius 3 is 1.75 bits per heavy atom. The van der Waals surface area contributed by atoms with E-state index in [1.807, 2.05) is 0 Å². The fourth-order valence-electron chi connectivity index (χ4n) is 3.01. The van der Waals surface area contributed by atoms with Crippen LogP contribution in [0.1, 0.15) is 17.2 Å². The van der Waals surface area contributed by atoms with Crippen LogP contribution in [0.25, 0.3) is 0 Å². The average molecular weight is 324 g/mol. The van der Waals surface area contributed by atoms with E-state index in [1.165, 1.54) is 11.1 Å². The average Bonchev–Trinajstić information content (AvgIpc) is 2.57. The zero-order valence-corrected chi connectivity index (χ0v) is 13.5. The first-order valence-corrected chi connectivity index (χ1v) is 7.63. The van der Waals surface area contributed by atoms with Crippen LogP contribution in [0.2, 0.25) is 0 Å². The molecule has 0 radical (unpaired) electrons. The highest BCUT2D eigenvalue weighted by molar-refractivity contribution is 5.30. The summed E-state index contributed by atoms with van der Waals surface area (Å²) in [5.41, 5.74) is 2.72. The Balaban J connectivity index is 0.000000471. The highest BCUT2D eigenvalue weighted by Crippen LogP contribution is 2.35. The van der Waals surface area contributed by atoms with Gasteiger partial charge in [-0.15, -0.1) is 0 Å². The Hall–Kier alpha value is -2.92. The van der Waals surface area contributed by atoms with Crippen molar-refractivity contribution < 1.29 is 9.57 Å². The minimum absolute atomic E-state index is 0.332. The number of allylic oxidation sites excluding steroid dienone is 2. The number of rotatable bonds is 3. The summed E-state index contributed by atoms with van der Waals surface area (Å²) in [6.45, 7) is 1.02. The lowest BCUT2D eigenvalue weighted by Gasteiger charge is -2.39. The second-order valence-corrected chi connectivity index (χ2v) is 5.75. The molecule has 124 valence electrons. The van der Waals surface area contributed by atoms with Crippen molar-refractivity contribution in [1.29, 1.82) is 0 Å². The summed E-state index contributed by atoms with van der Waals surface area (Å²) in [5.74, 6) is 0. The van der Waals surface area contributed by atoms with Crippen LogP contribution in [-0.2, 0) is 0 Å². The van der Waals surface area contributed by atoms with Gasteiger partial charge < -0.3 is 15.3 Å². The number of nitrogens with zero attached hydrogens (tertiary/aromatic N) is 2. The van der Waals surface area contributed by atoms with Crippen LogP contribution in [0.15, 0.2) is 85.1 Å². The SMILES string of the molecule is C[N+]1(C(c2ccccc2)c2ccccc2)C=CC=CC1.O=[N+]([O-])[O-]. The van der Waals surface area contributed by atoms with Crippen LogP contribution in [-0.4, -0.2) is 23.2 Å². The molecule has 0 saturated carbocycles. The summed E-state index contributed by atoms with van der Waals surface area (Å²) in [7, 11) is 2.30. The molecule has 0 bridgehead atoms. The molecule has 1 heterocycles. The van der Waals surface area contributed by atoms with Crippen molar-refractivity contribution in [3.8, 4) is 0 Å². The molecule has 1 unspecified atom stereocenters. The van der Waals surface area contributed by atoms with Crippen molar-refractivity contribution in [2.24, 2.45) is 0 Å². The van der Waals surface area contributed by atoms with E-state index >= 15 is 0 Å². The van der Waals surface area contributed by atoms with E-state index in [-0.39, 0.29) is 0 Å². The van der Waals surface area contributed by atoms with E-state index in [1.54, 1.807) is 0 Å². The number of hydrogen-bond donors (Lipinski definition) is 0. The summed E-state index contributed by atoms with van der Waals surface area (Å²) in [4.78, 5) is 8.25. The Kier molecular flexibility index (Phi) is 5.87. The maximum atomic E-state index is 8.25. The third kappa shape index (κ3) is 4.54. The molecule has 1 aliphatic heterocycles. The van der Waals surface area contributed by atoms with Gasteiger partial charge in [0.25, 0.3) is 0 Å². The molecule has 1 atom stereocenters. The second-order valence-electron chi connectivity index (χ2n) is 5.75. The molecule has 2 aromatic carbocycles. The predicted octanol–water partition coefficient (Wildman–Crippen LogP) is 4.07. The predicted molar refractivity (Wildman–Crippen MR) is 94.4 cm³/mol. The van der Waals surface area contributed by atoms with Crippen molar-refractivity contribution in [3.63, 3.8) is 0 Å². The number of quaternary nitrogens is 1. The molecular formula is C19H20N2O3. The summed E-state index contributed by atoms with van der Waals surface area (Å²) in [6, 6.07) is 21.9. The van der Waals surface area contributed by atoms with Gasteiger partial charge >= 0.3 is 0 Å². The lowest BCUT2D eigenvalue weighted by Crippen LogP contribution is -2.43. The van der Waals surface area contributed by atoms with E-state index in [9.17, 15) is 0 Å². The summed E-state index contributed by atoms with van der Waals surface area (Å²) < 4.78 is 0.879. The third-order valence-electron chi connectivity index (χ3n) is 3.99. The van der Waals surface area contributed by atoms with E-state index < -0.39 is 5.09 Å². The van der Waals surface area contributed by atoms with Crippen molar-refractivity contribution in [1.82, 2.24) is 0 Å². The fraction of sp³-hybridized carbons (Fsp3) is 0.158. The number of hydrogen-bond acceptors (Lipinski definition) is 3. The molecule has 5 heteroatoms. The monoisotopic (exact) mass is 324 g/mol. The fourth-order valence-corrected chi connectivity index (χ4v) is 3.01. The molecule has 0 amide bonds. The Morgan fingerprint density at radius 1 is 0.917 bits per heavy atom. The molecule has 5 nitrogen and oxygen atoms in total. The van der Waals surface area contributed by atoms with Crippen LogP contribution < -0.4 is 0 Å². The molecule has 24 heavy (non-hydrogen) atoms. The first-order valence-electron chi connectivity index (χ1n) is 7.63. The van der Waals surface area contributed by atoms with Gasteiger partial charge in [-0.25, -0.2) is 0 Å². The van der Waals surface area contributed by atoms with Crippen molar-refractivity contribution in [3.05, 3.63) is 112 Å². The van der Waals surface area contributed by atoms with Gasteiger partial charge in [0.2, 0.25) is 0 Å². The quantitative estimate of drug-likeness (QED) is 0.485. The lowest BCUT2D eigenvalue weighted by molar-refractivity contribution is -0.880. The molecule has 0 fully saturated rings. The summed E-state index contributed by atoms with van der Waals surface area (Å²) in [5, 5.41) is 14.8. The Morgan fingerprint density at radius 2 is 1.38 bits per heavy atom. The van der Waals surface area contributed by atoms with Crippen molar-refractivity contribution in [2.45, 2.75) is 6.04 Å². The largest absolute Gasteiger partial charge is 0.356 e. The van der Waals surface area contributed by atoms with Gasteiger partial charge in [0, 0.05) is 11.1 Å². The first-order chi connectivity index (χ1) is 11.5. The highest BCUT2D eigenvalue weighted by Gasteiger charge is 2.33. The Labute approximate surface area is 141 Å². The van der Waals surface area contributed by atoms with Gasteiger partial charge in [0.05, 0.1) is 18.3 Å². The minimum atomic E-state index is -1.75. The van der Waals surface area contributed by atoms with Gasteiger partial charge in [-0.3, -0.25) is 4.48 Å². The van der Waals surface area contributed by atoms with Crippen LogP contribution in [0.3, 0.4) is 0 Å². The normalized spacial score (nSPS) is 18.8. The van der Waals surface area contributed by atoms with Gasteiger partial charge in [-0.1, -0.05) is 66.7 Å². The molecule has 0 aliphatic carbocycles. The summed E-state index contributed by atoms with van der Waals surface area (Å²) >= 11 is 0. The first kappa shape index (κ1) is 17.4. The van der Waals surface area contributed by atoms with Crippen LogP contribution in [0.5, 0.6) is 0 Å². The number of benzene rings is 2. The zero-order chi connectivity index (χ0) is 17.4. The Bertz CT molecular complexity index is 670. The molecular weight excluding hydrogens is 304 g/mol. The molecule has 0 aromatic heterocycles. The van der Waals surface area contributed by atoms with Crippen LogP contribution in [0, 0.1) is 15.3 Å². The maximum Gasteiger partial charge on any atom is 0.145 e. The molecule has 0 saturated heterocycles. The zero-order valence-electron chi connectivity index (χ0n) is 13.5. The molecule has 0 spiro atoms. The van der Waals surface area contributed by atoms with Gasteiger partial charge in [-0.2, -0.15) is 0 Å². The molecule has 0 N–H and O–H groups in total. The van der Waals surface area contributed by atoms with Gasteiger partial charge in [0.15, 0.2) is 0 Å².